The second-order valence-electron chi connectivity index (χ2n) is 4.45. The molecule has 14 heavy (non-hydrogen) atoms. The Labute approximate surface area is 85.1 Å². The topological polar surface area (TPSA) is 66.6 Å². The molecular weight excluding hydrogens is 180 g/mol. The summed E-state index contributed by atoms with van der Waals surface area (Å²) in [6, 6.07) is -0.740. The third-order valence-corrected chi connectivity index (χ3v) is 3.19. The van der Waals surface area contributed by atoms with Gasteiger partial charge in [0.25, 0.3) is 0 Å². The number of carboxylic acid groups (broad SMARTS) is 1. The van der Waals surface area contributed by atoms with Gasteiger partial charge in [-0.25, -0.2) is 0 Å². The minimum Gasteiger partial charge on any atom is -0.480 e. The van der Waals surface area contributed by atoms with Crippen molar-refractivity contribution in [2.45, 2.75) is 26.3 Å². The SMILES string of the molecule is CC1CCN(CC(N)C(=O)O)CC1C. The molecular formula is C10H20N2O2. The summed E-state index contributed by atoms with van der Waals surface area (Å²) in [6.07, 6.45) is 1.15. The number of hydrogen-bond acceptors (Lipinski definition) is 3. The highest BCUT2D eigenvalue weighted by molar-refractivity contribution is 5.73. The highest BCUT2D eigenvalue weighted by Gasteiger charge is 2.25. The second kappa shape index (κ2) is 4.75. The van der Waals surface area contributed by atoms with Crippen molar-refractivity contribution in [1.29, 1.82) is 0 Å². The Morgan fingerprint density at radius 1 is 1.57 bits per heavy atom. The first-order valence-electron chi connectivity index (χ1n) is 5.21. The smallest absolute Gasteiger partial charge is 0.321 e. The van der Waals surface area contributed by atoms with Crippen molar-refractivity contribution in [1.82, 2.24) is 4.90 Å². The normalized spacial score (nSPS) is 31.4. The van der Waals surface area contributed by atoms with Crippen LogP contribution in [0.5, 0.6) is 0 Å². The van der Waals surface area contributed by atoms with E-state index in [4.69, 9.17) is 10.8 Å². The highest BCUT2D eigenvalue weighted by atomic mass is 16.4. The van der Waals surface area contributed by atoms with Crippen molar-refractivity contribution >= 4 is 5.97 Å². The zero-order valence-corrected chi connectivity index (χ0v) is 8.94. The first-order valence-corrected chi connectivity index (χ1v) is 5.21. The summed E-state index contributed by atoms with van der Waals surface area (Å²) in [5.41, 5.74) is 5.49. The van der Waals surface area contributed by atoms with E-state index in [0.29, 0.717) is 12.5 Å². The van der Waals surface area contributed by atoms with Crippen LogP contribution in [0.3, 0.4) is 0 Å². The molecule has 82 valence electrons. The molecule has 0 aliphatic carbocycles. The van der Waals surface area contributed by atoms with Crippen molar-refractivity contribution in [3.8, 4) is 0 Å². The third kappa shape index (κ3) is 2.96. The van der Waals surface area contributed by atoms with Crippen LogP contribution < -0.4 is 5.73 Å². The molecule has 3 unspecified atom stereocenters. The predicted octanol–water partition coefficient (Wildman–Crippen LogP) is 0.376. The van der Waals surface area contributed by atoms with Gasteiger partial charge in [-0.3, -0.25) is 4.79 Å². The molecule has 1 aliphatic rings. The lowest BCUT2D eigenvalue weighted by atomic mass is 9.88. The maximum absolute atomic E-state index is 10.6. The molecule has 0 aromatic rings. The molecule has 1 heterocycles. The fraction of sp³-hybridized carbons (Fsp3) is 0.900. The number of nitrogens with zero attached hydrogens (tertiary/aromatic N) is 1. The maximum atomic E-state index is 10.6. The Balaban J connectivity index is 2.36. The van der Waals surface area contributed by atoms with Gasteiger partial charge in [0.15, 0.2) is 0 Å². The summed E-state index contributed by atoms with van der Waals surface area (Å²) in [5, 5.41) is 8.68. The van der Waals surface area contributed by atoms with Gasteiger partial charge in [0, 0.05) is 13.1 Å². The molecule has 1 aliphatic heterocycles. The van der Waals surface area contributed by atoms with Gasteiger partial charge in [-0.1, -0.05) is 13.8 Å². The predicted molar refractivity (Wildman–Crippen MR) is 55.0 cm³/mol. The number of piperidine rings is 1. The quantitative estimate of drug-likeness (QED) is 0.691. The number of carbonyl (C=O) groups is 1. The van der Waals surface area contributed by atoms with Gasteiger partial charge in [0.1, 0.15) is 6.04 Å². The average molecular weight is 200 g/mol. The summed E-state index contributed by atoms with van der Waals surface area (Å²) >= 11 is 0. The molecule has 3 atom stereocenters. The summed E-state index contributed by atoms with van der Waals surface area (Å²) in [5.74, 6) is 0.480. The molecule has 4 heteroatoms. The van der Waals surface area contributed by atoms with Crippen molar-refractivity contribution < 1.29 is 9.90 Å². The van der Waals surface area contributed by atoms with Crippen LogP contribution in [0.2, 0.25) is 0 Å². The molecule has 1 saturated heterocycles. The van der Waals surface area contributed by atoms with E-state index in [1.165, 1.54) is 0 Å². The molecule has 4 nitrogen and oxygen atoms in total. The zero-order valence-electron chi connectivity index (χ0n) is 8.94. The van der Waals surface area contributed by atoms with Crippen LogP contribution in [-0.2, 0) is 4.79 Å². The number of nitrogens with two attached hydrogens (primary N) is 1. The fourth-order valence-corrected chi connectivity index (χ4v) is 1.87. The van der Waals surface area contributed by atoms with Gasteiger partial charge in [0.2, 0.25) is 0 Å². The Kier molecular flexibility index (Phi) is 3.89. The van der Waals surface area contributed by atoms with E-state index in [0.717, 1.165) is 25.4 Å². The average Bonchev–Trinajstić information content (AvgIpc) is 2.11. The van der Waals surface area contributed by atoms with E-state index in [2.05, 4.69) is 18.7 Å². The molecule has 0 radical (unpaired) electrons. The van der Waals surface area contributed by atoms with Crippen molar-refractivity contribution in [3.05, 3.63) is 0 Å². The van der Waals surface area contributed by atoms with Gasteiger partial charge in [-0.05, 0) is 24.8 Å². The molecule has 0 bridgehead atoms. The van der Waals surface area contributed by atoms with E-state index in [1.807, 2.05) is 0 Å². The van der Waals surface area contributed by atoms with Crippen molar-refractivity contribution in [2.24, 2.45) is 17.6 Å². The van der Waals surface area contributed by atoms with Gasteiger partial charge in [-0.2, -0.15) is 0 Å². The number of likely N-dealkylation sites (tertiary alicyclic amines) is 1. The lowest BCUT2D eigenvalue weighted by molar-refractivity contribution is -0.139. The second-order valence-corrected chi connectivity index (χ2v) is 4.45. The van der Waals surface area contributed by atoms with Crippen LogP contribution in [0.4, 0.5) is 0 Å². The molecule has 0 aromatic carbocycles. The summed E-state index contributed by atoms with van der Waals surface area (Å²) in [6.45, 7) is 6.89. The molecule has 1 fully saturated rings. The van der Waals surface area contributed by atoms with Crippen LogP contribution in [-0.4, -0.2) is 41.7 Å². The Morgan fingerprint density at radius 3 is 2.71 bits per heavy atom. The molecule has 1 rings (SSSR count). The zero-order chi connectivity index (χ0) is 10.7. The molecule has 0 aromatic heterocycles. The molecule has 0 spiro atoms. The van der Waals surface area contributed by atoms with Gasteiger partial charge in [0.05, 0.1) is 0 Å². The van der Waals surface area contributed by atoms with Crippen LogP contribution in [0.25, 0.3) is 0 Å². The monoisotopic (exact) mass is 200 g/mol. The third-order valence-electron chi connectivity index (χ3n) is 3.19. The molecule has 0 saturated carbocycles. The van der Waals surface area contributed by atoms with Crippen LogP contribution in [0.1, 0.15) is 20.3 Å². The van der Waals surface area contributed by atoms with Crippen LogP contribution in [0, 0.1) is 11.8 Å². The Morgan fingerprint density at radius 2 is 2.21 bits per heavy atom. The highest BCUT2D eigenvalue weighted by Crippen LogP contribution is 2.22. The summed E-state index contributed by atoms with van der Waals surface area (Å²) < 4.78 is 0. The van der Waals surface area contributed by atoms with E-state index in [9.17, 15) is 4.79 Å². The van der Waals surface area contributed by atoms with Crippen molar-refractivity contribution in [3.63, 3.8) is 0 Å². The standard InChI is InChI=1S/C10H20N2O2/c1-7-3-4-12(5-8(7)2)6-9(11)10(13)14/h7-9H,3-6,11H2,1-2H3,(H,13,14). The number of rotatable bonds is 3. The van der Waals surface area contributed by atoms with E-state index < -0.39 is 12.0 Å². The Hall–Kier alpha value is -0.610. The van der Waals surface area contributed by atoms with Gasteiger partial charge < -0.3 is 15.7 Å². The maximum Gasteiger partial charge on any atom is 0.321 e. The van der Waals surface area contributed by atoms with Gasteiger partial charge in [-0.15, -0.1) is 0 Å². The number of carboxylic acids is 1. The van der Waals surface area contributed by atoms with E-state index in [1.54, 1.807) is 0 Å². The van der Waals surface area contributed by atoms with E-state index in [-0.39, 0.29) is 0 Å². The minimum atomic E-state index is -0.906. The minimum absolute atomic E-state index is 0.479. The summed E-state index contributed by atoms with van der Waals surface area (Å²) in [4.78, 5) is 12.7. The fourth-order valence-electron chi connectivity index (χ4n) is 1.87. The van der Waals surface area contributed by atoms with Crippen LogP contribution >= 0.6 is 0 Å². The first kappa shape index (κ1) is 11.5. The Bertz CT molecular complexity index is 208. The largest absolute Gasteiger partial charge is 0.480 e. The number of aliphatic carboxylic acids is 1. The first-order chi connectivity index (χ1) is 6.50. The summed E-state index contributed by atoms with van der Waals surface area (Å²) in [7, 11) is 0. The number of hydrogen-bond donors (Lipinski definition) is 2. The van der Waals surface area contributed by atoms with Crippen LogP contribution in [0.15, 0.2) is 0 Å². The van der Waals surface area contributed by atoms with E-state index >= 15 is 0 Å². The lowest BCUT2D eigenvalue weighted by Crippen LogP contribution is -2.47. The molecule has 3 N–H and O–H groups in total. The lowest BCUT2D eigenvalue weighted by Gasteiger charge is -2.35. The van der Waals surface area contributed by atoms with Gasteiger partial charge >= 0.3 is 5.97 Å². The molecule has 0 amide bonds. The van der Waals surface area contributed by atoms with Crippen molar-refractivity contribution in [2.75, 3.05) is 19.6 Å².